The van der Waals surface area contributed by atoms with Gasteiger partial charge in [0.25, 0.3) is 17.4 Å². The third kappa shape index (κ3) is 3.60. The van der Waals surface area contributed by atoms with Gasteiger partial charge in [-0.15, -0.1) is 0 Å². The quantitative estimate of drug-likeness (QED) is 0.506. The van der Waals surface area contributed by atoms with Crippen molar-refractivity contribution in [2.75, 3.05) is 11.4 Å². The molecule has 0 saturated heterocycles. The number of carbonyl (C=O) groups excluding carboxylic acids is 2. The van der Waals surface area contributed by atoms with E-state index in [2.05, 4.69) is 5.10 Å². The molecule has 164 valence electrons. The number of rotatable bonds is 4. The van der Waals surface area contributed by atoms with Gasteiger partial charge in [-0.05, 0) is 55.0 Å². The predicted molar refractivity (Wildman–Crippen MR) is 125 cm³/mol. The highest BCUT2D eigenvalue weighted by Gasteiger charge is 2.34. The summed E-state index contributed by atoms with van der Waals surface area (Å²) in [6.45, 7) is 0.359. The minimum atomic E-state index is -0.689. The second kappa shape index (κ2) is 8.07. The molecule has 1 aliphatic rings. The highest BCUT2D eigenvalue weighted by atomic mass is 35.5. The van der Waals surface area contributed by atoms with Gasteiger partial charge in [0, 0.05) is 40.8 Å². The number of nitrogens with zero attached hydrogens (tertiary/aromatic N) is 4. The molecule has 0 aliphatic carbocycles. The van der Waals surface area contributed by atoms with Crippen molar-refractivity contribution in [3.8, 4) is 11.4 Å². The molecule has 0 atom stereocenters. The molecule has 0 bridgehead atoms. The normalized spacial score (nSPS) is 13.1. The van der Waals surface area contributed by atoms with Crippen LogP contribution in [0.3, 0.4) is 0 Å². The molecule has 0 unspecified atom stereocenters. The Balaban J connectivity index is 1.55. The van der Waals surface area contributed by atoms with Crippen LogP contribution in [0, 0.1) is 0 Å². The summed E-state index contributed by atoms with van der Waals surface area (Å²) in [6, 6.07) is 18.9. The summed E-state index contributed by atoms with van der Waals surface area (Å²) < 4.78 is 2.95. The van der Waals surface area contributed by atoms with Gasteiger partial charge in [-0.2, -0.15) is 5.10 Å². The number of pyridine rings is 1. The third-order valence-electron chi connectivity index (χ3n) is 5.56. The molecule has 3 heterocycles. The molecule has 2 aromatic carbocycles. The Bertz CT molecular complexity index is 1460. The summed E-state index contributed by atoms with van der Waals surface area (Å²) in [6.07, 6.45) is 2.10. The lowest BCUT2D eigenvalue weighted by Gasteiger charge is -2.28. The smallest absolute Gasteiger partial charge is 0.277 e. The van der Waals surface area contributed by atoms with Gasteiger partial charge in [0.2, 0.25) is 0 Å². The lowest BCUT2D eigenvalue weighted by atomic mass is 10.0. The zero-order chi connectivity index (χ0) is 23.1. The fourth-order valence-corrected chi connectivity index (χ4v) is 4.22. The zero-order valence-electron chi connectivity index (χ0n) is 17.3. The molecule has 33 heavy (non-hydrogen) atoms. The van der Waals surface area contributed by atoms with Crippen molar-refractivity contribution < 1.29 is 9.59 Å². The van der Waals surface area contributed by atoms with Crippen molar-refractivity contribution in [1.29, 1.82) is 0 Å². The zero-order valence-corrected chi connectivity index (χ0v) is 18.1. The van der Waals surface area contributed by atoms with E-state index in [0.29, 0.717) is 40.6 Å². The number of amides is 2. The molecule has 8 nitrogen and oxygen atoms in total. The topological polar surface area (TPSA) is 103 Å². The average molecular weight is 460 g/mol. The molecule has 9 heteroatoms. The maximum Gasteiger partial charge on any atom is 0.277 e. The maximum atomic E-state index is 13.6. The molecule has 0 radical (unpaired) electrons. The molecule has 1 aliphatic heterocycles. The van der Waals surface area contributed by atoms with E-state index in [1.54, 1.807) is 71.8 Å². The summed E-state index contributed by atoms with van der Waals surface area (Å²) in [7, 11) is 0. The number of carbonyl (C=O) groups is 2. The second-order valence-corrected chi connectivity index (χ2v) is 8.00. The van der Waals surface area contributed by atoms with Gasteiger partial charge in [-0.1, -0.05) is 23.7 Å². The highest BCUT2D eigenvalue weighted by Crippen LogP contribution is 2.29. The van der Waals surface area contributed by atoms with Crippen molar-refractivity contribution in [2.45, 2.75) is 6.42 Å². The molecule has 5 rings (SSSR count). The Kier molecular flexibility index (Phi) is 5.07. The van der Waals surface area contributed by atoms with E-state index < -0.39 is 5.91 Å². The van der Waals surface area contributed by atoms with Crippen LogP contribution in [0.2, 0.25) is 5.02 Å². The van der Waals surface area contributed by atoms with Gasteiger partial charge in [-0.3, -0.25) is 19.0 Å². The van der Waals surface area contributed by atoms with Crippen LogP contribution in [-0.4, -0.2) is 32.7 Å². The summed E-state index contributed by atoms with van der Waals surface area (Å²) in [5.74, 6) is -0.994. The van der Waals surface area contributed by atoms with E-state index in [4.69, 9.17) is 17.3 Å². The predicted octanol–water partition coefficient (Wildman–Crippen LogP) is 2.98. The number of nitrogens with two attached hydrogens (primary N) is 1. The summed E-state index contributed by atoms with van der Waals surface area (Å²) in [5.41, 5.74) is 8.19. The van der Waals surface area contributed by atoms with Crippen molar-refractivity contribution >= 4 is 29.1 Å². The second-order valence-electron chi connectivity index (χ2n) is 7.56. The molecular weight excluding hydrogens is 442 g/mol. The molecule has 2 amide bonds. The van der Waals surface area contributed by atoms with Crippen LogP contribution >= 0.6 is 11.6 Å². The van der Waals surface area contributed by atoms with Crippen LogP contribution in [0.25, 0.3) is 11.4 Å². The minimum absolute atomic E-state index is 0.0803. The van der Waals surface area contributed by atoms with Crippen LogP contribution in [0.1, 0.15) is 26.5 Å². The number of hydrogen-bond donors (Lipinski definition) is 1. The van der Waals surface area contributed by atoms with E-state index in [0.717, 1.165) is 0 Å². The van der Waals surface area contributed by atoms with E-state index >= 15 is 0 Å². The molecular formula is C24H18ClN5O3. The highest BCUT2D eigenvalue weighted by molar-refractivity contribution is 6.30. The van der Waals surface area contributed by atoms with Crippen molar-refractivity contribution in [1.82, 2.24) is 14.3 Å². The number of benzene rings is 2. The number of fused-ring (bicyclic) bond motifs is 1. The van der Waals surface area contributed by atoms with Crippen LogP contribution < -0.4 is 16.2 Å². The van der Waals surface area contributed by atoms with E-state index in [9.17, 15) is 14.4 Å². The lowest BCUT2D eigenvalue weighted by molar-refractivity contribution is 0.0972. The number of halogens is 1. The Morgan fingerprint density at radius 1 is 0.939 bits per heavy atom. The largest absolute Gasteiger partial charge is 0.364 e. The number of hydrogen-bond acceptors (Lipinski definition) is 4. The Morgan fingerprint density at radius 3 is 2.39 bits per heavy atom. The Hall–Kier alpha value is -4.17. The third-order valence-corrected chi connectivity index (χ3v) is 5.80. The Labute approximate surface area is 193 Å². The maximum absolute atomic E-state index is 13.6. The van der Waals surface area contributed by atoms with Gasteiger partial charge in [-0.25, -0.2) is 4.68 Å². The van der Waals surface area contributed by atoms with Gasteiger partial charge in [0.1, 0.15) is 5.69 Å². The molecule has 2 N–H and O–H groups in total. The summed E-state index contributed by atoms with van der Waals surface area (Å²) >= 11 is 6.13. The van der Waals surface area contributed by atoms with Gasteiger partial charge in [0.15, 0.2) is 5.69 Å². The first-order valence-electron chi connectivity index (χ1n) is 10.2. The standard InChI is InChI=1S/C24H18ClN5O3/c25-15-4-3-5-18(14-15)30-22-19(21(27-30)23(26)32)11-13-29(24(22)33)17-9-7-16(8-10-17)28-12-2-1-6-20(28)31/h1-10,12,14H,11,13H2,(H2,26,32). The van der Waals surface area contributed by atoms with Crippen LogP contribution in [0.4, 0.5) is 5.69 Å². The molecule has 2 aromatic heterocycles. The van der Waals surface area contributed by atoms with Gasteiger partial charge < -0.3 is 10.6 Å². The average Bonchev–Trinajstić information content (AvgIpc) is 3.21. The first-order valence-corrected chi connectivity index (χ1v) is 10.6. The van der Waals surface area contributed by atoms with E-state index in [1.807, 2.05) is 0 Å². The monoisotopic (exact) mass is 459 g/mol. The molecule has 4 aromatic rings. The minimum Gasteiger partial charge on any atom is -0.364 e. The summed E-state index contributed by atoms with van der Waals surface area (Å²) in [4.78, 5) is 39.3. The molecule has 0 spiro atoms. The van der Waals surface area contributed by atoms with Crippen LogP contribution in [0.5, 0.6) is 0 Å². The Morgan fingerprint density at radius 2 is 1.70 bits per heavy atom. The number of aromatic nitrogens is 3. The fourth-order valence-electron chi connectivity index (χ4n) is 4.03. The number of primary amides is 1. The summed E-state index contributed by atoms with van der Waals surface area (Å²) in [5, 5.41) is 4.82. The first kappa shape index (κ1) is 20.7. The van der Waals surface area contributed by atoms with Gasteiger partial charge >= 0.3 is 0 Å². The van der Waals surface area contributed by atoms with Crippen LogP contribution in [-0.2, 0) is 6.42 Å². The lowest BCUT2D eigenvalue weighted by Crippen LogP contribution is -2.39. The van der Waals surface area contributed by atoms with Gasteiger partial charge in [0.05, 0.1) is 5.69 Å². The van der Waals surface area contributed by atoms with Crippen molar-refractivity contribution in [3.63, 3.8) is 0 Å². The first-order chi connectivity index (χ1) is 15.9. The SMILES string of the molecule is NC(=O)c1nn(-c2cccc(Cl)c2)c2c1CCN(c1ccc(-n3ccccc3=O)cc1)C2=O. The van der Waals surface area contributed by atoms with E-state index in [-0.39, 0.29) is 22.9 Å². The van der Waals surface area contributed by atoms with E-state index in [1.165, 1.54) is 15.3 Å². The number of anilines is 1. The molecule has 0 fully saturated rings. The fraction of sp³-hybridized carbons (Fsp3) is 0.0833. The van der Waals surface area contributed by atoms with Crippen molar-refractivity contribution in [2.24, 2.45) is 5.73 Å². The molecule has 0 saturated carbocycles. The van der Waals surface area contributed by atoms with Crippen LogP contribution in [0.15, 0.2) is 77.7 Å². The van der Waals surface area contributed by atoms with Crippen molar-refractivity contribution in [3.05, 3.63) is 105 Å².